The molecule has 1 aromatic rings. The minimum atomic E-state index is -0.376. The number of hydrogen-bond donors (Lipinski definition) is 1. The molecule has 0 saturated heterocycles. The number of aromatic nitrogens is 1. The number of esters is 1. The van der Waals surface area contributed by atoms with Gasteiger partial charge in [-0.1, -0.05) is 22.0 Å². The Morgan fingerprint density at radius 2 is 2.29 bits per heavy atom. The summed E-state index contributed by atoms with van der Waals surface area (Å²) in [7, 11) is 0. The summed E-state index contributed by atoms with van der Waals surface area (Å²) in [5.74, 6) is 0.127. The summed E-state index contributed by atoms with van der Waals surface area (Å²) in [6.45, 7) is 0. The Labute approximate surface area is 130 Å². The largest absolute Gasteiger partial charge is 0.453 e. The van der Waals surface area contributed by atoms with Crippen molar-refractivity contribution in [2.24, 2.45) is 0 Å². The molecule has 1 aliphatic heterocycles. The van der Waals surface area contributed by atoms with Gasteiger partial charge in [-0.2, -0.15) is 0 Å². The van der Waals surface area contributed by atoms with Crippen molar-refractivity contribution in [3.63, 3.8) is 0 Å². The van der Waals surface area contributed by atoms with Crippen molar-refractivity contribution in [1.82, 2.24) is 4.98 Å². The molecule has 1 N–H and O–H groups in total. The highest BCUT2D eigenvalue weighted by atomic mass is 79.9. The number of fused-ring (bicyclic) bond motifs is 1. The highest BCUT2D eigenvalue weighted by Gasteiger charge is 2.23. The van der Waals surface area contributed by atoms with E-state index in [0.29, 0.717) is 24.2 Å². The van der Waals surface area contributed by atoms with Crippen molar-refractivity contribution >= 4 is 33.6 Å². The predicted molar refractivity (Wildman–Crippen MR) is 81.3 cm³/mol. The molecule has 0 radical (unpaired) electrons. The van der Waals surface area contributed by atoms with Gasteiger partial charge in [0.25, 0.3) is 0 Å². The predicted octanol–water partition coefficient (Wildman–Crippen LogP) is 2.95. The van der Waals surface area contributed by atoms with Gasteiger partial charge in [-0.3, -0.25) is 4.79 Å². The second-order valence-corrected chi connectivity index (χ2v) is 6.11. The Morgan fingerprint density at radius 3 is 3.10 bits per heavy atom. The van der Waals surface area contributed by atoms with Crippen molar-refractivity contribution in [3.05, 3.63) is 33.9 Å². The van der Waals surface area contributed by atoms with Crippen LogP contribution in [0.3, 0.4) is 0 Å². The fraction of sp³-hybridized carbons (Fsp3) is 0.400. The van der Waals surface area contributed by atoms with E-state index in [-0.39, 0.29) is 18.0 Å². The van der Waals surface area contributed by atoms with Crippen LogP contribution in [-0.4, -0.2) is 23.0 Å². The molecule has 3 rings (SSSR count). The molecule has 0 unspecified atom stereocenters. The normalized spacial score (nSPS) is 21.1. The third-order valence-electron chi connectivity index (χ3n) is 3.65. The van der Waals surface area contributed by atoms with Crippen molar-refractivity contribution in [2.75, 3.05) is 5.32 Å². The number of hydrogen-bond acceptors (Lipinski definition) is 4. The maximum Gasteiger partial charge on any atom is 0.340 e. The van der Waals surface area contributed by atoms with E-state index in [4.69, 9.17) is 4.74 Å². The zero-order valence-electron chi connectivity index (χ0n) is 11.4. The van der Waals surface area contributed by atoms with Crippen LogP contribution in [0.4, 0.5) is 5.82 Å². The standard InChI is InChI=1S/C15H15BrN2O3/c16-11-3-1-2-4-12(11)21-15(20)10-7-9-5-6-13(19)18-14(9)17-8-10/h3,7-8,12H,1-2,4-6H2,(H,17,18,19)/t12-/m1/s1. The Balaban J connectivity index is 1.75. The topological polar surface area (TPSA) is 68.3 Å². The van der Waals surface area contributed by atoms with Gasteiger partial charge in [0.05, 0.1) is 5.56 Å². The van der Waals surface area contributed by atoms with E-state index >= 15 is 0 Å². The molecular formula is C15H15BrN2O3. The number of halogens is 1. The van der Waals surface area contributed by atoms with Crippen LogP contribution >= 0.6 is 15.9 Å². The number of ether oxygens (including phenoxy) is 1. The first-order chi connectivity index (χ1) is 10.1. The first-order valence-corrected chi connectivity index (χ1v) is 7.78. The van der Waals surface area contributed by atoms with E-state index in [9.17, 15) is 9.59 Å². The lowest BCUT2D eigenvalue weighted by Gasteiger charge is -2.21. The summed E-state index contributed by atoms with van der Waals surface area (Å²) in [6, 6.07) is 1.75. The summed E-state index contributed by atoms with van der Waals surface area (Å²) < 4.78 is 6.45. The second kappa shape index (κ2) is 5.97. The van der Waals surface area contributed by atoms with Crippen LogP contribution in [0.15, 0.2) is 22.8 Å². The van der Waals surface area contributed by atoms with E-state index in [0.717, 1.165) is 29.3 Å². The quantitative estimate of drug-likeness (QED) is 0.832. The van der Waals surface area contributed by atoms with Crippen molar-refractivity contribution < 1.29 is 14.3 Å². The van der Waals surface area contributed by atoms with Crippen molar-refractivity contribution in [3.8, 4) is 0 Å². The van der Waals surface area contributed by atoms with Gasteiger partial charge in [0, 0.05) is 17.1 Å². The molecule has 1 aliphatic carbocycles. The Kier molecular flexibility index (Phi) is 4.05. The van der Waals surface area contributed by atoms with Crippen LogP contribution in [0.1, 0.15) is 41.6 Å². The van der Waals surface area contributed by atoms with Crippen molar-refractivity contribution in [1.29, 1.82) is 0 Å². The fourth-order valence-electron chi connectivity index (χ4n) is 2.49. The number of carbonyl (C=O) groups is 2. The molecule has 0 saturated carbocycles. The Morgan fingerprint density at radius 1 is 1.43 bits per heavy atom. The maximum atomic E-state index is 12.2. The van der Waals surface area contributed by atoms with Crippen molar-refractivity contribution in [2.45, 2.75) is 38.2 Å². The molecule has 21 heavy (non-hydrogen) atoms. The SMILES string of the molecule is O=C1CCc2cc(C(=O)O[C@@H]3CCCC=C3Br)cnc2N1. The highest BCUT2D eigenvalue weighted by molar-refractivity contribution is 9.11. The lowest BCUT2D eigenvalue weighted by Crippen LogP contribution is -2.23. The first-order valence-electron chi connectivity index (χ1n) is 6.99. The minimum absolute atomic E-state index is 0.0402. The summed E-state index contributed by atoms with van der Waals surface area (Å²) in [5, 5.41) is 2.70. The van der Waals surface area contributed by atoms with Gasteiger partial charge in [-0.05, 0) is 37.3 Å². The molecule has 6 heteroatoms. The number of carbonyl (C=O) groups excluding carboxylic acids is 2. The lowest BCUT2D eigenvalue weighted by molar-refractivity contribution is -0.116. The van der Waals surface area contributed by atoms with Gasteiger partial charge in [0.2, 0.25) is 5.91 Å². The van der Waals surface area contributed by atoms with Crippen LogP contribution in [0.2, 0.25) is 0 Å². The third kappa shape index (κ3) is 3.15. The third-order valence-corrected chi connectivity index (χ3v) is 4.48. The Bertz CT molecular complexity index is 627. The van der Waals surface area contributed by atoms with Gasteiger partial charge in [-0.25, -0.2) is 9.78 Å². The minimum Gasteiger partial charge on any atom is -0.453 e. The molecule has 5 nitrogen and oxygen atoms in total. The molecule has 2 aliphatic rings. The highest BCUT2D eigenvalue weighted by Crippen LogP contribution is 2.27. The molecule has 0 spiro atoms. The number of aryl methyl sites for hydroxylation is 1. The monoisotopic (exact) mass is 350 g/mol. The Hall–Kier alpha value is -1.69. The van der Waals surface area contributed by atoms with Crippen LogP contribution in [0, 0.1) is 0 Å². The summed E-state index contributed by atoms with van der Waals surface area (Å²) in [5.41, 5.74) is 1.30. The smallest absolute Gasteiger partial charge is 0.340 e. The second-order valence-electron chi connectivity index (χ2n) is 5.19. The van der Waals surface area contributed by atoms with E-state index < -0.39 is 0 Å². The zero-order valence-corrected chi connectivity index (χ0v) is 13.0. The average Bonchev–Trinajstić information content (AvgIpc) is 2.49. The number of anilines is 1. The average molecular weight is 351 g/mol. The number of nitrogens with zero attached hydrogens (tertiary/aromatic N) is 1. The molecule has 0 fully saturated rings. The van der Waals surface area contributed by atoms with Gasteiger partial charge in [0.15, 0.2) is 0 Å². The van der Waals surface area contributed by atoms with Crippen LogP contribution in [0.5, 0.6) is 0 Å². The lowest BCUT2D eigenvalue weighted by atomic mass is 10.0. The first kappa shape index (κ1) is 14.3. The van der Waals surface area contributed by atoms with Gasteiger partial charge in [0.1, 0.15) is 11.9 Å². The number of rotatable bonds is 2. The van der Waals surface area contributed by atoms with E-state index in [1.54, 1.807) is 6.07 Å². The number of pyridine rings is 1. The fourth-order valence-corrected chi connectivity index (χ4v) is 3.04. The molecule has 0 bridgehead atoms. The zero-order chi connectivity index (χ0) is 14.8. The molecular weight excluding hydrogens is 336 g/mol. The van der Waals surface area contributed by atoms with E-state index in [1.807, 2.05) is 6.08 Å². The molecule has 2 heterocycles. The summed E-state index contributed by atoms with van der Waals surface area (Å²) in [4.78, 5) is 27.6. The molecule has 1 aromatic heterocycles. The summed E-state index contributed by atoms with van der Waals surface area (Å²) in [6.07, 6.45) is 7.16. The van der Waals surface area contributed by atoms with Crippen LogP contribution < -0.4 is 5.32 Å². The number of amides is 1. The van der Waals surface area contributed by atoms with Gasteiger partial charge < -0.3 is 10.1 Å². The molecule has 110 valence electrons. The van der Waals surface area contributed by atoms with Gasteiger partial charge in [-0.15, -0.1) is 0 Å². The molecule has 0 aromatic carbocycles. The van der Waals surface area contributed by atoms with Gasteiger partial charge >= 0.3 is 5.97 Å². The number of allylic oxidation sites excluding steroid dienone is 1. The van der Waals surface area contributed by atoms with E-state index in [1.165, 1.54) is 6.20 Å². The van der Waals surface area contributed by atoms with E-state index in [2.05, 4.69) is 26.2 Å². The van der Waals surface area contributed by atoms with Crippen LogP contribution in [-0.2, 0) is 16.0 Å². The molecule has 1 atom stereocenters. The molecule has 1 amide bonds. The van der Waals surface area contributed by atoms with Crippen LogP contribution in [0.25, 0.3) is 0 Å². The summed E-state index contributed by atoms with van der Waals surface area (Å²) >= 11 is 3.44. The number of nitrogens with one attached hydrogen (secondary N) is 1. The maximum absolute atomic E-state index is 12.2.